The molecule has 2 aliphatic heterocycles. The monoisotopic (exact) mass is 442 g/mol. The molecule has 0 spiro atoms. The van der Waals surface area contributed by atoms with Crippen LogP contribution in [0.25, 0.3) is 16.9 Å². The van der Waals surface area contributed by atoms with E-state index in [1.807, 2.05) is 4.90 Å². The number of rotatable bonds is 5. The highest BCUT2D eigenvalue weighted by Gasteiger charge is 2.31. The topological polar surface area (TPSA) is 98.0 Å². The standard InChI is InChI=1S/C25H26N6O2/c26-14-18-5-7-19(8-6-18)22-16-28-31(25(22)33)23-10-9-20(15-27-23)24(32)30-13-3-4-21(30)17-29-11-1-2-12-29/h5-10,15-16,21,28H,1-4,11-13,17H2/t21-/m0/s1. The van der Waals surface area contributed by atoms with Crippen molar-refractivity contribution in [2.24, 2.45) is 0 Å². The third kappa shape index (κ3) is 4.20. The van der Waals surface area contributed by atoms with Crippen molar-refractivity contribution in [2.75, 3.05) is 26.2 Å². The van der Waals surface area contributed by atoms with Gasteiger partial charge in [-0.25, -0.2) is 9.67 Å². The molecular weight excluding hydrogens is 416 g/mol. The number of carbonyl (C=O) groups excluding carboxylic acids is 1. The van der Waals surface area contributed by atoms with E-state index in [9.17, 15) is 9.59 Å². The molecule has 2 saturated heterocycles. The van der Waals surface area contributed by atoms with Crippen molar-refractivity contribution < 1.29 is 4.79 Å². The van der Waals surface area contributed by atoms with Crippen molar-refractivity contribution in [1.82, 2.24) is 24.6 Å². The summed E-state index contributed by atoms with van der Waals surface area (Å²) in [5.41, 5.74) is 2.05. The third-order valence-corrected chi connectivity index (χ3v) is 6.63. The van der Waals surface area contributed by atoms with Crippen LogP contribution < -0.4 is 5.56 Å². The highest BCUT2D eigenvalue weighted by Crippen LogP contribution is 2.23. The maximum Gasteiger partial charge on any atom is 0.280 e. The summed E-state index contributed by atoms with van der Waals surface area (Å²) in [6.45, 7) is 3.99. The Morgan fingerprint density at radius 2 is 1.88 bits per heavy atom. The molecule has 8 heteroatoms. The Morgan fingerprint density at radius 3 is 2.58 bits per heavy atom. The molecule has 1 atom stereocenters. The molecule has 8 nitrogen and oxygen atoms in total. The number of H-pyrrole nitrogens is 1. The molecule has 2 fully saturated rings. The quantitative estimate of drug-likeness (QED) is 0.655. The minimum Gasteiger partial charge on any atom is -0.334 e. The fourth-order valence-corrected chi connectivity index (χ4v) is 4.84. The molecule has 4 heterocycles. The van der Waals surface area contributed by atoms with Crippen LogP contribution in [0.2, 0.25) is 0 Å². The zero-order valence-electron chi connectivity index (χ0n) is 18.4. The number of pyridine rings is 1. The van der Waals surface area contributed by atoms with Crippen LogP contribution in [0.4, 0.5) is 0 Å². The number of aromatic nitrogens is 3. The van der Waals surface area contributed by atoms with E-state index in [4.69, 9.17) is 5.26 Å². The first kappa shape index (κ1) is 21.2. The zero-order valence-corrected chi connectivity index (χ0v) is 18.4. The van der Waals surface area contributed by atoms with Gasteiger partial charge in [0, 0.05) is 31.5 Å². The van der Waals surface area contributed by atoms with Gasteiger partial charge in [0.25, 0.3) is 11.5 Å². The Hall–Kier alpha value is -3.70. The molecule has 0 unspecified atom stereocenters. The summed E-state index contributed by atoms with van der Waals surface area (Å²) >= 11 is 0. The second-order valence-electron chi connectivity index (χ2n) is 8.72. The third-order valence-electron chi connectivity index (χ3n) is 6.63. The highest BCUT2D eigenvalue weighted by atomic mass is 16.2. The van der Waals surface area contributed by atoms with Gasteiger partial charge in [0.15, 0.2) is 5.82 Å². The maximum atomic E-state index is 13.2. The van der Waals surface area contributed by atoms with Crippen molar-refractivity contribution in [2.45, 2.75) is 31.7 Å². The summed E-state index contributed by atoms with van der Waals surface area (Å²) in [5, 5.41) is 11.9. The predicted molar refractivity (Wildman–Crippen MR) is 124 cm³/mol. The molecular formula is C25H26N6O2. The number of benzene rings is 1. The Kier molecular flexibility index (Phi) is 5.80. The van der Waals surface area contributed by atoms with Crippen LogP contribution in [0.15, 0.2) is 53.6 Å². The lowest BCUT2D eigenvalue weighted by molar-refractivity contribution is 0.0708. The summed E-state index contributed by atoms with van der Waals surface area (Å²) < 4.78 is 1.35. The average Bonchev–Trinajstić information content (AvgIpc) is 3.61. The number of carbonyl (C=O) groups is 1. The smallest absolute Gasteiger partial charge is 0.280 e. The van der Waals surface area contributed by atoms with Gasteiger partial charge < -0.3 is 9.80 Å². The van der Waals surface area contributed by atoms with Gasteiger partial charge in [0.05, 0.1) is 22.8 Å². The van der Waals surface area contributed by atoms with Crippen LogP contribution in [0.1, 0.15) is 41.6 Å². The maximum absolute atomic E-state index is 13.2. The van der Waals surface area contributed by atoms with E-state index >= 15 is 0 Å². The average molecular weight is 443 g/mol. The molecule has 2 aliphatic rings. The second kappa shape index (κ2) is 9.04. The van der Waals surface area contributed by atoms with E-state index in [0.29, 0.717) is 22.5 Å². The van der Waals surface area contributed by atoms with Crippen molar-refractivity contribution in [3.63, 3.8) is 0 Å². The van der Waals surface area contributed by atoms with Crippen molar-refractivity contribution in [3.05, 3.63) is 70.3 Å². The molecule has 0 radical (unpaired) electrons. The molecule has 168 valence electrons. The lowest BCUT2D eigenvalue weighted by Gasteiger charge is -2.28. The zero-order chi connectivity index (χ0) is 22.8. The minimum atomic E-state index is -0.239. The SMILES string of the molecule is N#Cc1ccc(-c2c[nH]n(-c3ccc(C(=O)N4CCC[C@H]4CN4CCCC4)cn3)c2=O)cc1. The lowest BCUT2D eigenvalue weighted by atomic mass is 10.1. The molecule has 1 amide bonds. The molecule has 0 bridgehead atoms. The molecule has 33 heavy (non-hydrogen) atoms. The highest BCUT2D eigenvalue weighted by molar-refractivity contribution is 5.94. The van der Waals surface area contributed by atoms with E-state index in [2.05, 4.69) is 21.1 Å². The normalized spacial score (nSPS) is 18.5. The summed E-state index contributed by atoms with van der Waals surface area (Å²) in [6, 6.07) is 12.6. The molecule has 2 aromatic heterocycles. The Bertz CT molecular complexity index is 1230. The first-order chi connectivity index (χ1) is 16.1. The van der Waals surface area contributed by atoms with E-state index in [1.165, 1.54) is 17.5 Å². The van der Waals surface area contributed by atoms with Crippen molar-refractivity contribution >= 4 is 5.91 Å². The van der Waals surface area contributed by atoms with Crippen LogP contribution in [0, 0.1) is 11.3 Å². The van der Waals surface area contributed by atoms with Gasteiger partial charge >= 0.3 is 0 Å². The summed E-state index contributed by atoms with van der Waals surface area (Å²) in [5.74, 6) is 0.430. The molecule has 0 saturated carbocycles. The van der Waals surface area contributed by atoms with Gasteiger partial charge in [-0.3, -0.25) is 14.7 Å². The van der Waals surface area contributed by atoms with Gasteiger partial charge in [0.2, 0.25) is 0 Å². The molecule has 1 N–H and O–H groups in total. The van der Waals surface area contributed by atoms with Gasteiger partial charge in [0.1, 0.15) is 0 Å². The number of aromatic amines is 1. The fourth-order valence-electron chi connectivity index (χ4n) is 4.84. The number of nitrogens with zero attached hydrogens (tertiary/aromatic N) is 5. The van der Waals surface area contributed by atoms with Crippen LogP contribution in [0.3, 0.4) is 0 Å². The van der Waals surface area contributed by atoms with Gasteiger partial charge in [-0.1, -0.05) is 12.1 Å². The van der Waals surface area contributed by atoms with Crippen LogP contribution in [-0.2, 0) is 0 Å². The summed E-state index contributed by atoms with van der Waals surface area (Å²) in [7, 11) is 0. The van der Waals surface area contributed by atoms with Crippen molar-refractivity contribution in [3.8, 4) is 23.0 Å². The molecule has 3 aromatic rings. The van der Waals surface area contributed by atoms with E-state index in [0.717, 1.165) is 44.6 Å². The first-order valence-electron chi connectivity index (χ1n) is 11.4. The van der Waals surface area contributed by atoms with E-state index < -0.39 is 0 Å². The van der Waals surface area contributed by atoms with E-state index in [1.54, 1.807) is 48.8 Å². The summed E-state index contributed by atoms with van der Waals surface area (Å²) in [4.78, 5) is 34.9. The minimum absolute atomic E-state index is 0.00727. The van der Waals surface area contributed by atoms with Gasteiger partial charge in [-0.15, -0.1) is 0 Å². The van der Waals surface area contributed by atoms with Crippen LogP contribution >= 0.6 is 0 Å². The van der Waals surface area contributed by atoms with Crippen LogP contribution in [-0.4, -0.2) is 62.7 Å². The number of nitriles is 1. The molecule has 0 aliphatic carbocycles. The lowest BCUT2D eigenvalue weighted by Crippen LogP contribution is -2.42. The first-order valence-corrected chi connectivity index (χ1v) is 11.4. The predicted octanol–water partition coefficient (Wildman–Crippen LogP) is 2.80. The fraction of sp³-hybridized carbons (Fsp3) is 0.360. The second-order valence-corrected chi connectivity index (χ2v) is 8.72. The summed E-state index contributed by atoms with van der Waals surface area (Å²) in [6.07, 6.45) is 7.75. The number of amides is 1. The number of likely N-dealkylation sites (tertiary alicyclic amines) is 2. The van der Waals surface area contributed by atoms with Gasteiger partial charge in [-0.05, 0) is 68.6 Å². The van der Waals surface area contributed by atoms with Crippen molar-refractivity contribution in [1.29, 1.82) is 5.26 Å². The largest absolute Gasteiger partial charge is 0.334 e. The van der Waals surface area contributed by atoms with Crippen LogP contribution in [0.5, 0.6) is 0 Å². The Balaban J connectivity index is 1.32. The molecule has 5 rings (SSSR count). The number of hydrogen-bond acceptors (Lipinski definition) is 5. The molecule has 1 aromatic carbocycles. The Labute approximate surface area is 192 Å². The number of hydrogen-bond donors (Lipinski definition) is 1. The van der Waals surface area contributed by atoms with Gasteiger partial charge in [-0.2, -0.15) is 5.26 Å². The number of nitrogens with one attached hydrogen (secondary N) is 1. The Morgan fingerprint density at radius 1 is 1.09 bits per heavy atom. The van der Waals surface area contributed by atoms with E-state index in [-0.39, 0.29) is 17.5 Å².